The summed E-state index contributed by atoms with van der Waals surface area (Å²) in [6.07, 6.45) is 0. The Labute approximate surface area is 138 Å². The van der Waals surface area contributed by atoms with E-state index in [2.05, 4.69) is 0 Å². The van der Waals surface area contributed by atoms with Crippen LogP contribution in [0.15, 0.2) is 57.7 Å². The first-order valence-corrected chi connectivity index (χ1v) is 7.78. The van der Waals surface area contributed by atoms with Gasteiger partial charge in [-0.15, -0.1) is 0 Å². The van der Waals surface area contributed by atoms with Gasteiger partial charge in [-0.2, -0.15) is 0 Å². The van der Waals surface area contributed by atoms with Crippen molar-refractivity contribution in [1.82, 2.24) is 4.57 Å². The van der Waals surface area contributed by atoms with Gasteiger partial charge in [0.05, 0.1) is 18.5 Å². The number of benzene rings is 2. The van der Waals surface area contributed by atoms with E-state index in [0.717, 1.165) is 38.9 Å². The van der Waals surface area contributed by atoms with E-state index in [0.29, 0.717) is 5.75 Å². The number of furan rings is 1. The van der Waals surface area contributed by atoms with Crippen molar-refractivity contribution in [2.24, 2.45) is 0 Å². The van der Waals surface area contributed by atoms with Gasteiger partial charge in [-0.3, -0.25) is 9.36 Å². The van der Waals surface area contributed by atoms with Crippen molar-refractivity contribution < 1.29 is 9.15 Å². The van der Waals surface area contributed by atoms with E-state index in [1.165, 1.54) is 0 Å². The zero-order valence-electron chi connectivity index (χ0n) is 13.8. The Morgan fingerprint density at radius 1 is 1.00 bits per heavy atom. The average molecular weight is 319 g/mol. The molecule has 0 saturated carbocycles. The lowest BCUT2D eigenvalue weighted by Gasteiger charge is -2.11. The molecule has 0 aliphatic heterocycles. The number of aromatic nitrogens is 1. The minimum atomic E-state index is -0.0865. The van der Waals surface area contributed by atoms with Crippen LogP contribution in [0.3, 0.4) is 0 Å². The van der Waals surface area contributed by atoms with Gasteiger partial charge in [0.25, 0.3) is 5.56 Å². The molecule has 0 N–H and O–H groups in total. The summed E-state index contributed by atoms with van der Waals surface area (Å²) >= 11 is 0. The molecule has 0 unspecified atom stereocenters. The Morgan fingerprint density at radius 2 is 1.83 bits per heavy atom. The van der Waals surface area contributed by atoms with Crippen LogP contribution in [-0.2, 0) is 0 Å². The molecule has 120 valence electrons. The molecule has 4 heteroatoms. The number of ether oxygens (including phenoxy) is 1. The Hall–Kier alpha value is -3.01. The summed E-state index contributed by atoms with van der Waals surface area (Å²) in [6.45, 7) is 3.92. The smallest absolute Gasteiger partial charge is 0.256 e. The zero-order chi connectivity index (χ0) is 16.8. The monoisotopic (exact) mass is 319 g/mol. The van der Waals surface area contributed by atoms with E-state index >= 15 is 0 Å². The predicted molar refractivity (Wildman–Crippen MR) is 95.3 cm³/mol. The van der Waals surface area contributed by atoms with Crippen molar-refractivity contribution in [2.45, 2.75) is 13.8 Å². The van der Waals surface area contributed by atoms with Gasteiger partial charge in [0.15, 0.2) is 5.58 Å². The fraction of sp³-hybridized carbons (Fsp3) is 0.150. The maximum Gasteiger partial charge on any atom is 0.256 e. The number of nitrogens with zero attached hydrogens (tertiary/aromatic N) is 1. The number of hydrogen-bond donors (Lipinski definition) is 0. The molecule has 0 bridgehead atoms. The van der Waals surface area contributed by atoms with Crippen LogP contribution in [-0.4, -0.2) is 11.7 Å². The van der Waals surface area contributed by atoms with E-state index < -0.39 is 0 Å². The van der Waals surface area contributed by atoms with Crippen LogP contribution < -0.4 is 10.3 Å². The Kier molecular flexibility index (Phi) is 3.20. The average Bonchev–Trinajstić information content (AvgIpc) is 2.93. The molecule has 0 atom stereocenters. The zero-order valence-corrected chi connectivity index (χ0v) is 13.8. The van der Waals surface area contributed by atoms with Crippen molar-refractivity contribution in [1.29, 1.82) is 0 Å². The lowest BCUT2D eigenvalue weighted by molar-refractivity contribution is 0.414. The van der Waals surface area contributed by atoms with Gasteiger partial charge < -0.3 is 9.15 Å². The van der Waals surface area contributed by atoms with Gasteiger partial charge in [-0.1, -0.05) is 18.2 Å². The minimum absolute atomic E-state index is 0.0865. The molecule has 4 nitrogen and oxygen atoms in total. The van der Waals surface area contributed by atoms with Crippen LogP contribution >= 0.6 is 0 Å². The summed E-state index contributed by atoms with van der Waals surface area (Å²) in [7, 11) is 1.61. The van der Waals surface area contributed by atoms with Crippen LogP contribution in [0.4, 0.5) is 0 Å². The number of pyridine rings is 1. The molecule has 0 spiro atoms. The molecule has 2 heterocycles. The molecule has 0 radical (unpaired) electrons. The molecule has 0 fully saturated rings. The van der Waals surface area contributed by atoms with Gasteiger partial charge in [0.1, 0.15) is 11.3 Å². The van der Waals surface area contributed by atoms with E-state index in [1.54, 1.807) is 17.7 Å². The summed E-state index contributed by atoms with van der Waals surface area (Å²) in [6, 6.07) is 15.1. The van der Waals surface area contributed by atoms with E-state index in [9.17, 15) is 4.79 Å². The minimum Gasteiger partial charge on any atom is -0.497 e. The van der Waals surface area contributed by atoms with E-state index in [1.807, 2.05) is 56.3 Å². The molecule has 2 aromatic heterocycles. The third-order valence-corrected chi connectivity index (χ3v) is 4.35. The molecule has 0 aliphatic carbocycles. The highest BCUT2D eigenvalue weighted by atomic mass is 16.5. The third-order valence-electron chi connectivity index (χ3n) is 4.35. The highest BCUT2D eigenvalue weighted by Gasteiger charge is 2.15. The third kappa shape index (κ3) is 2.11. The van der Waals surface area contributed by atoms with Crippen molar-refractivity contribution in [3.05, 3.63) is 70.1 Å². The second kappa shape index (κ2) is 5.27. The van der Waals surface area contributed by atoms with Crippen molar-refractivity contribution in [3.63, 3.8) is 0 Å². The van der Waals surface area contributed by atoms with Crippen LogP contribution in [0.5, 0.6) is 5.75 Å². The van der Waals surface area contributed by atoms with Crippen molar-refractivity contribution in [3.8, 4) is 11.4 Å². The molecule has 4 aromatic rings. The first-order chi connectivity index (χ1) is 11.6. The highest BCUT2D eigenvalue weighted by molar-refractivity contribution is 6.05. The fourth-order valence-corrected chi connectivity index (χ4v) is 3.16. The summed E-state index contributed by atoms with van der Waals surface area (Å²) in [5.41, 5.74) is 4.11. The van der Waals surface area contributed by atoms with Gasteiger partial charge >= 0.3 is 0 Å². The standard InChI is InChI=1S/C20H17NO3/c1-12-7-8-16-17-11-19(22)21(13(2)20(17)24-18(16)9-12)14-5-4-6-15(10-14)23-3/h4-11H,1-3H3. The van der Waals surface area contributed by atoms with Crippen LogP contribution in [0.1, 0.15) is 11.3 Å². The summed E-state index contributed by atoms with van der Waals surface area (Å²) < 4.78 is 13.0. The molecule has 4 rings (SSSR count). The first kappa shape index (κ1) is 14.6. The molecular weight excluding hydrogens is 302 g/mol. The summed E-state index contributed by atoms with van der Waals surface area (Å²) in [5, 5.41) is 1.82. The second-order valence-electron chi connectivity index (χ2n) is 5.95. The number of hydrogen-bond acceptors (Lipinski definition) is 3. The second-order valence-corrected chi connectivity index (χ2v) is 5.95. The van der Waals surface area contributed by atoms with Crippen LogP contribution in [0, 0.1) is 13.8 Å². The Bertz CT molecular complexity index is 1130. The Morgan fingerprint density at radius 3 is 2.62 bits per heavy atom. The van der Waals surface area contributed by atoms with E-state index in [-0.39, 0.29) is 5.56 Å². The highest BCUT2D eigenvalue weighted by Crippen LogP contribution is 2.31. The number of fused-ring (bicyclic) bond motifs is 3. The fourth-order valence-electron chi connectivity index (χ4n) is 3.16. The normalized spacial score (nSPS) is 11.3. The molecule has 0 saturated heterocycles. The molecular formula is C20H17NO3. The maximum absolute atomic E-state index is 12.7. The lowest BCUT2D eigenvalue weighted by Crippen LogP contribution is -2.19. The molecule has 0 amide bonds. The SMILES string of the molecule is COc1cccc(-n2c(C)c3oc4cc(C)ccc4c3cc2=O)c1. The van der Waals surface area contributed by atoms with Gasteiger partial charge in [0.2, 0.25) is 0 Å². The number of rotatable bonds is 2. The molecule has 24 heavy (non-hydrogen) atoms. The quantitative estimate of drug-likeness (QED) is 0.551. The predicted octanol–water partition coefficient (Wildman–Crippen LogP) is 4.36. The van der Waals surface area contributed by atoms with Gasteiger partial charge in [-0.25, -0.2) is 0 Å². The van der Waals surface area contributed by atoms with Crippen molar-refractivity contribution >= 4 is 21.9 Å². The van der Waals surface area contributed by atoms with Crippen LogP contribution in [0.25, 0.3) is 27.6 Å². The topological polar surface area (TPSA) is 44.4 Å². The number of methoxy groups -OCH3 is 1. The van der Waals surface area contributed by atoms with Gasteiger partial charge in [-0.05, 0) is 37.6 Å². The van der Waals surface area contributed by atoms with Gasteiger partial charge in [0, 0.05) is 22.9 Å². The molecule has 0 aliphatic rings. The number of aryl methyl sites for hydroxylation is 2. The summed E-state index contributed by atoms with van der Waals surface area (Å²) in [5.74, 6) is 0.708. The Balaban J connectivity index is 2.07. The van der Waals surface area contributed by atoms with Crippen molar-refractivity contribution in [2.75, 3.05) is 7.11 Å². The van der Waals surface area contributed by atoms with E-state index in [4.69, 9.17) is 9.15 Å². The lowest BCUT2D eigenvalue weighted by atomic mass is 10.1. The molecule has 2 aromatic carbocycles. The maximum atomic E-state index is 12.7. The summed E-state index contributed by atoms with van der Waals surface area (Å²) in [4.78, 5) is 12.7. The largest absolute Gasteiger partial charge is 0.497 e. The van der Waals surface area contributed by atoms with Crippen LogP contribution in [0.2, 0.25) is 0 Å². The first-order valence-electron chi connectivity index (χ1n) is 7.78.